The number of rotatable bonds is 6. The lowest BCUT2D eigenvalue weighted by atomic mass is 10.3. The van der Waals surface area contributed by atoms with Crippen molar-refractivity contribution in [3.05, 3.63) is 0 Å². The summed E-state index contributed by atoms with van der Waals surface area (Å²) in [5.74, 6) is -0.169. The van der Waals surface area contributed by atoms with Gasteiger partial charge in [0.15, 0.2) is 0 Å². The fourth-order valence-electron chi connectivity index (χ4n) is 1.08. The van der Waals surface area contributed by atoms with Crippen LogP contribution in [0.5, 0.6) is 0 Å². The SMILES string of the molecule is COC(=O)CN(CCN(C)C)C(C)C. The van der Waals surface area contributed by atoms with Gasteiger partial charge in [0.05, 0.1) is 13.7 Å². The van der Waals surface area contributed by atoms with Gasteiger partial charge in [-0.05, 0) is 27.9 Å². The largest absolute Gasteiger partial charge is 0.468 e. The summed E-state index contributed by atoms with van der Waals surface area (Å²) in [6.07, 6.45) is 0. The highest BCUT2D eigenvalue weighted by molar-refractivity contribution is 5.71. The van der Waals surface area contributed by atoms with Crippen molar-refractivity contribution in [2.24, 2.45) is 0 Å². The van der Waals surface area contributed by atoms with Crippen molar-refractivity contribution >= 4 is 5.97 Å². The molecule has 0 heterocycles. The number of ether oxygens (including phenoxy) is 1. The quantitative estimate of drug-likeness (QED) is 0.585. The molecule has 0 saturated heterocycles. The molecule has 0 aromatic heterocycles. The number of hydrogen-bond donors (Lipinski definition) is 0. The minimum absolute atomic E-state index is 0.169. The van der Waals surface area contributed by atoms with Crippen molar-refractivity contribution in [3.8, 4) is 0 Å². The lowest BCUT2D eigenvalue weighted by molar-refractivity contribution is -0.142. The fourth-order valence-corrected chi connectivity index (χ4v) is 1.08. The van der Waals surface area contributed by atoms with Gasteiger partial charge in [-0.2, -0.15) is 0 Å². The van der Waals surface area contributed by atoms with E-state index in [1.807, 2.05) is 14.1 Å². The molecule has 0 aliphatic rings. The number of nitrogens with zero attached hydrogens (tertiary/aromatic N) is 2. The molecule has 84 valence electrons. The molecular weight excluding hydrogens is 180 g/mol. The molecule has 0 aromatic carbocycles. The summed E-state index contributed by atoms with van der Waals surface area (Å²) in [4.78, 5) is 15.3. The first-order valence-corrected chi connectivity index (χ1v) is 4.93. The first-order chi connectivity index (χ1) is 6.47. The Morgan fingerprint density at radius 3 is 2.21 bits per heavy atom. The van der Waals surface area contributed by atoms with Crippen molar-refractivity contribution in [2.45, 2.75) is 19.9 Å². The number of methoxy groups -OCH3 is 1. The van der Waals surface area contributed by atoms with Gasteiger partial charge >= 0.3 is 5.97 Å². The molecule has 0 atom stereocenters. The van der Waals surface area contributed by atoms with Gasteiger partial charge in [0, 0.05) is 19.1 Å². The molecule has 4 heteroatoms. The van der Waals surface area contributed by atoms with Crippen LogP contribution in [-0.2, 0) is 9.53 Å². The maximum atomic E-state index is 11.1. The Morgan fingerprint density at radius 1 is 1.29 bits per heavy atom. The Bertz CT molecular complexity index is 170. The Balaban J connectivity index is 3.96. The molecule has 0 bridgehead atoms. The topological polar surface area (TPSA) is 32.8 Å². The summed E-state index contributed by atoms with van der Waals surface area (Å²) < 4.78 is 4.64. The molecule has 0 radical (unpaired) electrons. The monoisotopic (exact) mass is 202 g/mol. The van der Waals surface area contributed by atoms with Gasteiger partial charge in [-0.3, -0.25) is 9.69 Å². The van der Waals surface area contributed by atoms with E-state index >= 15 is 0 Å². The minimum atomic E-state index is -0.169. The van der Waals surface area contributed by atoms with Gasteiger partial charge < -0.3 is 9.64 Å². The van der Waals surface area contributed by atoms with Crippen LogP contribution in [0.4, 0.5) is 0 Å². The maximum Gasteiger partial charge on any atom is 0.319 e. The predicted octanol–water partition coefficient (Wildman–Crippen LogP) is 0.431. The average molecular weight is 202 g/mol. The number of esters is 1. The molecule has 4 nitrogen and oxygen atoms in total. The van der Waals surface area contributed by atoms with E-state index in [0.29, 0.717) is 12.6 Å². The van der Waals surface area contributed by atoms with Crippen molar-refractivity contribution in [1.29, 1.82) is 0 Å². The lowest BCUT2D eigenvalue weighted by Gasteiger charge is -2.26. The molecule has 0 unspecified atom stereocenters. The normalized spacial score (nSPS) is 11.4. The van der Waals surface area contributed by atoms with Crippen LogP contribution >= 0.6 is 0 Å². The van der Waals surface area contributed by atoms with E-state index in [1.165, 1.54) is 7.11 Å². The van der Waals surface area contributed by atoms with Crippen LogP contribution in [0.3, 0.4) is 0 Å². The number of carbonyl (C=O) groups is 1. The minimum Gasteiger partial charge on any atom is -0.468 e. The first-order valence-electron chi connectivity index (χ1n) is 4.93. The van der Waals surface area contributed by atoms with Crippen LogP contribution in [0, 0.1) is 0 Å². The summed E-state index contributed by atoms with van der Waals surface area (Å²) in [7, 11) is 5.47. The lowest BCUT2D eigenvalue weighted by Crippen LogP contribution is -2.40. The van der Waals surface area contributed by atoms with Crippen LogP contribution in [0.25, 0.3) is 0 Å². The standard InChI is InChI=1S/C10H22N2O2/c1-9(2)12(7-6-11(3)4)8-10(13)14-5/h9H,6-8H2,1-5H3. The summed E-state index contributed by atoms with van der Waals surface area (Å²) in [5, 5.41) is 0. The molecule has 0 saturated carbocycles. The molecule has 0 aromatic rings. The van der Waals surface area contributed by atoms with Crippen molar-refractivity contribution < 1.29 is 9.53 Å². The second kappa shape index (κ2) is 6.79. The Kier molecular flexibility index (Phi) is 6.49. The second-order valence-electron chi connectivity index (χ2n) is 3.94. The Hall–Kier alpha value is -0.610. The number of likely N-dealkylation sites (N-methyl/N-ethyl adjacent to an activating group) is 1. The highest BCUT2D eigenvalue weighted by atomic mass is 16.5. The highest BCUT2D eigenvalue weighted by Gasteiger charge is 2.13. The zero-order chi connectivity index (χ0) is 11.1. The molecular formula is C10H22N2O2. The van der Waals surface area contributed by atoms with E-state index < -0.39 is 0 Å². The van der Waals surface area contributed by atoms with E-state index in [0.717, 1.165) is 13.1 Å². The molecule has 0 amide bonds. The maximum absolute atomic E-state index is 11.1. The molecule has 0 fully saturated rings. The van der Waals surface area contributed by atoms with E-state index in [9.17, 15) is 4.79 Å². The number of carbonyl (C=O) groups excluding carboxylic acids is 1. The van der Waals surface area contributed by atoms with Gasteiger partial charge in [-0.25, -0.2) is 0 Å². The molecule has 0 N–H and O–H groups in total. The van der Waals surface area contributed by atoms with Crippen molar-refractivity contribution in [2.75, 3.05) is 40.8 Å². The summed E-state index contributed by atoms with van der Waals surface area (Å²) >= 11 is 0. The molecule has 0 rings (SSSR count). The third-order valence-electron chi connectivity index (χ3n) is 2.12. The molecule has 0 aliphatic carbocycles. The summed E-state index contributed by atoms with van der Waals surface area (Å²) in [6, 6.07) is 0.369. The van der Waals surface area contributed by atoms with Gasteiger partial charge in [0.1, 0.15) is 0 Å². The van der Waals surface area contributed by atoms with E-state index in [2.05, 4.69) is 28.4 Å². The van der Waals surface area contributed by atoms with Crippen LogP contribution in [0.2, 0.25) is 0 Å². The Morgan fingerprint density at radius 2 is 1.86 bits per heavy atom. The molecule has 0 spiro atoms. The van der Waals surface area contributed by atoms with E-state index in [-0.39, 0.29) is 5.97 Å². The van der Waals surface area contributed by atoms with Crippen LogP contribution in [0.1, 0.15) is 13.8 Å². The van der Waals surface area contributed by atoms with Crippen LogP contribution in [0.15, 0.2) is 0 Å². The smallest absolute Gasteiger partial charge is 0.319 e. The summed E-state index contributed by atoms with van der Waals surface area (Å²) in [6.45, 7) is 6.38. The third-order valence-corrected chi connectivity index (χ3v) is 2.12. The average Bonchev–Trinajstić information content (AvgIpc) is 2.10. The molecule has 14 heavy (non-hydrogen) atoms. The highest BCUT2D eigenvalue weighted by Crippen LogP contribution is 1.98. The van der Waals surface area contributed by atoms with Crippen LogP contribution in [-0.4, -0.2) is 62.7 Å². The van der Waals surface area contributed by atoms with Gasteiger partial charge in [-0.1, -0.05) is 0 Å². The van der Waals surface area contributed by atoms with E-state index in [1.54, 1.807) is 0 Å². The predicted molar refractivity (Wildman–Crippen MR) is 57.3 cm³/mol. The van der Waals surface area contributed by atoms with Crippen molar-refractivity contribution in [3.63, 3.8) is 0 Å². The fraction of sp³-hybridized carbons (Fsp3) is 0.900. The van der Waals surface area contributed by atoms with E-state index in [4.69, 9.17) is 0 Å². The first kappa shape index (κ1) is 13.4. The zero-order valence-electron chi connectivity index (χ0n) is 9.91. The number of hydrogen-bond acceptors (Lipinski definition) is 4. The third kappa shape index (κ3) is 5.94. The van der Waals surface area contributed by atoms with Crippen molar-refractivity contribution in [1.82, 2.24) is 9.80 Å². The molecule has 0 aliphatic heterocycles. The Labute approximate surface area is 86.8 Å². The van der Waals surface area contributed by atoms with Gasteiger partial charge in [0.2, 0.25) is 0 Å². The van der Waals surface area contributed by atoms with Gasteiger partial charge in [-0.15, -0.1) is 0 Å². The summed E-state index contributed by atoms with van der Waals surface area (Å²) in [5.41, 5.74) is 0. The zero-order valence-corrected chi connectivity index (χ0v) is 9.91. The van der Waals surface area contributed by atoms with Crippen LogP contribution < -0.4 is 0 Å². The van der Waals surface area contributed by atoms with Gasteiger partial charge in [0.25, 0.3) is 0 Å². The second-order valence-corrected chi connectivity index (χ2v) is 3.94.